The maximum atomic E-state index is 6.51. The average Bonchev–Trinajstić information content (AvgIpc) is 3.13. The number of nitrogens with zero attached hydrogens (tertiary/aromatic N) is 1. The maximum absolute atomic E-state index is 6.51. The van der Waals surface area contributed by atoms with Crippen LogP contribution in [0.1, 0.15) is 51.9 Å². The van der Waals surface area contributed by atoms with Crippen LogP contribution in [0.4, 0.5) is 0 Å². The first-order chi connectivity index (χ1) is 11.2. The fourth-order valence-corrected chi connectivity index (χ4v) is 8.00. The van der Waals surface area contributed by atoms with Gasteiger partial charge in [0.1, 0.15) is 6.23 Å². The molecule has 0 radical (unpaired) electrons. The lowest BCUT2D eigenvalue weighted by molar-refractivity contribution is -0.213. The summed E-state index contributed by atoms with van der Waals surface area (Å²) in [7, 11) is 0. The molecule has 4 aliphatic rings. The lowest BCUT2D eigenvalue weighted by Crippen LogP contribution is -2.65. The molecule has 2 nitrogen and oxygen atoms in total. The molecule has 1 aromatic carbocycles. The van der Waals surface area contributed by atoms with E-state index in [1.165, 1.54) is 56.4 Å². The zero-order valence-electron chi connectivity index (χ0n) is 14.0. The predicted octanol–water partition coefficient (Wildman–Crippen LogP) is 4.69. The van der Waals surface area contributed by atoms with E-state index in [2.05, 4.69) is 53.9 Å². The molecule has 4 fully saturated rings. The van der Waals surface area contributed by atoms with E-state index >= 15 is 0 Å². The van der Waals surface area contributed by atoms with E-state index in [4.69, 9.17) is 4.74 Å². The minimum atomic E-state index is 0.313. The van der Waals surface area contributed by atoms with Gasteiger partial charge in [0.15, 0.2) is 0 Å². The summed E-state index contributed by atoms with van der Waals surface area (Å²) in [6, 6.07) is 11.8. The minimum absolute atomic E-state index is 0.313. The van der Waals surface area contributed by atoms with Crippen molar-refractivity contribution in [2.75, 3.05) is 6.54 Å². The number of thioether (sulfide) groups is 1. The molecular weight excluding hydrogens is 302 g/mol. The van der Waals surface area contributed by atoms with Gasteiger partial charge < -0.3 is 4.74 Å². The Bertz CT molecular complexity index is 593. The van der Waals surface area contributed by atoms with Crippen LogP contribution in [0, 0.1) is 5.41 Å². The molecule has 2 saturated carbocycles. The molecule has 1 aromatic rings. The highest BCUT2D eigenvalue weighted by Gasteiger charge is 2.66. The molecule has 1 spiro atoms. The van der Waals surface area contributed by atoms with Crippen molar-refractivity contribution < 1.29 is 4.74 Å². The molecule has 23 heavy (non-hydrogen) atoms. The summed E-state index contributed by atoms with van der Waals surface area (Å²) in [6.45, 7) is 3.51. The van der Waals surface area contributed by atoms with E-state index in [1.807, 2.05) is 0 Å². The molecule has 2 saturated heterocycles. The van der Waals surface area contributed by atoms with Crippen LogP contribution in [0.2, 0.25) is 0 Å². The molecule has 5 rings (SSSR count). The van der Waals surface area contributed by atoms with Gasteiger partial charge in [0.05, 0.1) is 6.10 Å². The molecule has 2 heterocycles. The van der Waals surface area contributed by atoms with Crippen molar-refractivity contribution in [3.05, 3.63) is 30.3 Å². The van der Waals surface area contributed by atoms with Gasteiger partial charge in [-0.15, -0.1) is 11.8 Å². The Hall–Kier alpha value is -0.510. The van der Waals surface area contributed by atoms with E-state index in [-0.39, 0.29) is 0 Å². The second kappa shape index (κ2) is 5.24. The molecule has 2 aliphatic heterocycles. The molecule has 3 heteroatoms. The molecule has 0 amide bonds. The lowest BCUT2D eigenvalue weighted by atomic mass is 9.62. The maximum Gasteiger partial charge on any atom is 0.108 e. The zero-order chi connectivity index (χ0) is 15.5. The topological polar surface area (TPSA) is 12.5 Å². The van der Waals surface area contributed by atoms with E-state index in [1.54, 1.807) is 0 Å². The smallest absolute Gasteiger partial charge is 0.108 e. The number of hydrogen-bond acceptors (Lipinski definition) is 3. The van der Waals surface area contributed by atoms with Gasteiger partial charge in [0, 0.05) is 27.6 Å². The Balaban J connectivity index is 1.56. The lowest BCUT2D eigenvalue weighted by Gasteiger charge is -2.59. The predicted molar refractivity (Wildman–Crippen MR) is 94.6 cm³/mol. The quantitative estimate of drug-likeness (QED) is 0.781. The van der Waals surface area contributed by atoms with Gasteiger partial charge >= 0.3 is 0 Å². The van der Waals surface area contributed by atoms with Crippen LogP contribution in [0.5, 0.6) is 0 Å². The molecule has 2 aliphatic carbocycles. The summed E-state index contributed by atoms with van der Waals surface area (Å²) < 4.78 is 6.93. The largest absolute Gasteiger partial charge is 0.360 e. The van der Waals surface area contributed by atoms with Gasteiger partial charge in [0.2, 0.25) is 0 Å². The monoisotopic (exact) mass is 329 g/mol. The number of hydrogen-bond donors (Lipinski definition) is 0. The molecule has 0 unspecified atom stereocenters. The van der Waals surface area contributed by atoms with Crippen molar-refractivity contribution in [2.24, 2.45) is 5.41 Å². The average molecular weight is 330 g/mol. The summed E-state index contributed by atoms with van der Waals surface area (Å²) in [5, 5.41) is 0. The highest BCUT2D eigenvalue weighted by molar-refractivity contribution is 8.00. The van der Waals surface area contributed by atoms with Crippen molar-refractivity contribution in [1.82, 2.24) is 4.90 Å². The Morgan fingerprint density at radius 3 is 2.78 bits per heavy atom. The highest BCUT2D eigenvalue weighted by Crippen LogP contribution is 2.64. The normalized spacial score (nSPS) is 45.7. The third kappa shape index (κ3) is 2.03. The third-order valence-electron chi connectivity index (χ3n) is 7.05. The summed E-state index contributed by atoms with van der Waals surface area (Å²) in [5.74, 6) is 0. The first-order valence-corrected chi connectivity index (χ1v) is 10.2. The standard InChI is InChI=1S/C20H27NOS/c1-15-21-14-13-20(23-16-7-3-2-4-8-16)12-6-11-19(18(20)21)10-5-9-17(19)22-15/h2-4,7-8,15,17-18H,5-6,9-14H2,1H3/t15-,17-,18-,19-,20-/m0/s1. The summed E-state index contributed by atoms with van der Waals surface area (Å²) in [4.78, 5) is 4.19. The Labute approximate surface area is 144 Å². The zero-order valence-corrected chi connectivity index (χ0v) is 14.9. The van der Waals surface area contributed by atoms with Crippen molar-refractivity contribution in [2.45, 2.75) is 79.9 Å². The Morgan fingerprint density at radius 2 is 1.91 bits per heavy atom. The van der Waals surface area contributed by atoms with Gasteiger partial charge in [-0.25, -0.2) is 0 Å². The molecule has 0 aromatic heterocycles. The van der Waals surface area contributed by atoms with E-state index < -0.39 is 0 Å². The van der Waals surface area contributed by atoms with Crippen LogP contribution >= 0.6 is 11.8 Å². The van der Waals surface area contributed by atoms with Crippen LogP contribution in [-0.2, 0) is 4.74 Å². The molecule has 0 N–H and O–H groups in total. The summed E-state index contributed by atoms with van der Waals surface area (Å²) >= 11 is 2.19. The number of ether oxygens (including phenoxy) is 1. The van der Waals surface area contributed by atoms with Crippen molar-refractivity contribution in [1.29, 1.82) is 0 Å². The first-order valence-electron chi connectivity index (χ1n) is 9.39. The molecule has 124 valence electrons. The Morgan fingerprint density at radius 1 is 1.09 bits per heavy atom. The minimum Gasteiger partial charge on any atom is -0.360 e. The number of benzene rings is 1. The van der Waals surface area contributed by atoms with Crippen LogP contribution in [0.3, 0.4) is 0 Å². The van der Waals surface area contributed by atoms with Crippen LogP contribution in [-0.4, -0.2) is 34.6 Å². The van der Waals surface area contributed by atoms with Gasteiger partial charge in [-0.05, 0) is 51.2 Å². The Kier molecular flexibility index (Phi) is 3.37. The molecule has 5 atom stereocenters. The van der Waals surface area contributed by atoms with Gasteiger partial charge in [-0.3, -0.25) is 4.90 Å². The fourth-order valence-electron chi connectivity index (χ4n) is 6.31. The van der Waals surface area contributed by atoms with E-state index in [9.17, 15) is 0 Å². The summed E-state index contributed by atoms with van der Waals surface area (Å²) in [5.41, 5.74) is 0.447. The second-order valence-electron chi connectivity index (χ2n) is 8.07. The number of rotatable bonds is 2. The molecule has 0 bridgehead atoms. The van der Waals surface area contributed by atoms with Crippen LogP contribution in [0.25, 0.3) is 0 Å². The van der Waals surface area contributed by atoms with E-state index in [0.717, 1.165) is 6.04 Å². The van der Waals surface area contributed by atoms with E-state index in [0.29, 0.717) is 22.5 Å². The van der Waals surface area contributed by atoms with Crippen molar-refractivity contribution in [3.63, 3.8) is 0 Å². The SMILES string of the molecule is C[C@@H]1O[C@H]2CCC[C@]23CCC[C@]2(Sc4ccccc4)CCN1[C@H]23. The second-order valence-corrected chi connectivity index (χ2v) is 9.56. The van der Waals surface area contributed by atoms with Crippen LogP contribution < -0.4 is 0 Å². The third-order valence-corrected chi connectivity index (χ3v) is 8.60. The van der Waals surface area contributed by atoms with Gasteiger partial charge in [0.25, 0.3) is 0 Å². The van der Waals surface area contributed by atoms with Gasteiger partial charge in [-0.1, -0.05) is 31.0 Å². The molecular formula is C20H27NOS. The summed E-state index contributed by atoms with van der Waals surface area (Å²) in [6.07, 6.45) is 10.4. The van der Waals surface area contributed by atoms with Crippen molar-refractivity contribution in [3.8, 4) is 0 Å². The van der Waals surface area contributed by atoms with Gasteiger partial charge in [-0.2, -0.15) is 0 Å². The van der Waals surface area contributed by atoms with Crippen LogP contribution in [0.15, 0.2) is 35.2 Å². The highest BCUT2D eigenvalue weighted by atomic mass is 32.2. The fraction of sp³-hybridized carbons (Fsp3) is 0.700. The first kappa shape index (κ1) is 14.8. The van der Waals surface area contributed by atoms with Crippen molar-refractivity contribution >= 4 is 11.8 Å².